The first-order valence-electron chi connectivity index (χ1n) is 14.3. The lowest BCUT2D eigenvalue weighted by atomic mass is 9.83. The highest BCUT2D eigenvalue weighted by Gasteiger charge is 2.51. The molecule has 42 heavy (non-hydrogen) atoms. The van der Waals surface area contributed by atoms with E-state index in [2.05, 4.69) is 22.8 Å². The fraction of sp³-hybridized carbons (Fsp3) is 0.483. The molecule has 11 nitrogen and oxygen atoms in total. The molecule has 4 aromatic rings. The smallest absolute Gasteiger partial charge is 0.236 e. The van der Waals surface area contributed by atoms with Crippen molar-refractivity contribution in [3.8, 4) is 17.3 Å². The first-order valence-corrected chi connectivity index (χ1v) is 16.0. The van der Waals surface area contributed by atoms with Crippen molar-refractivity contribution < 1.29 is 9.90 Å². The van der Waals surface area contributed by atoms with E-state index in [9.17, 15) is 15.2 Å². The highest BCUT2D eigenvalue weighted by atomic mass is 32.1. The lowest BCUT2D eigenvalue weighted by Crippen LogP contribution is -2.65. The number of hydrogen-bond donors (Lipinski definition) is 1. The van der Waals surface area contributed by atoms with Crippen LogP contribution in [0.25, 0.3) is 16.2 Å². The van der Waals surface area contributed by atoms with Gasteiger partial charge in [0.05, 0.1) is 18.3 Å². The molecule has 1 amide bonds. The summed E-state index contributed by atoms with van der Waals surface area (Å²) in [6, 6.07) is 10.4. The minimum Gasteiger partial charge on any atom is -0.389 e. The third-order valence-corrected chi connectivity index (χ3v) is 10.9. The number of rotatable bonds is 7. The molecule has 3 aromatic heterocycles. The Morgan fingerprint density at radius 3 is 2.62 bits per heavy atom. The Bertz CT molecular complexity index is 1700. The number of anilines is 3. The number of aliphatic hydroxyl groups is 1. The van der Waals surface area contributed by atoms with Crippen LogP contribution in [0, 0.1) is 18.3 Å². The standard InChI is InChI=1S/C29H33N9O2S2/c1-4-21-25(34(3)26-32-24(22(13-30)41-26)19-7-5-18(2)6-8-19)38-27(31-21)42-28(33-38)35-11-9-29(17-35)10-12-37(29)16-23(40)36-14-20(39)15-36/h5-8,20,39H,4,9-12,14-17H2,1-3H3. The number of benzene rings is 1. The summed E-state index contributed by atoms with van der Waals surface area (Å²) in [5.74, 6) is 0.975. The average Bonchev–Trinajstić information content (AvgIpc) is 3.75. The minimum absolute atomic E-state index is 0.00205. The van der Waals surface area contributed by atoms with Crippen LogP contribution in [0.4, 0.5) is 16.1 Å². The Kier molecular flexibility index (Phi) is 6.69. The zero-order valence-corrected chi connectivity index (χ0v) is 25.6. The number of aromatic nitrogens is 4. The summed E-state index contributed by atoms with van der Waals surface area (Å²) in [4.78, 5) is 32.3. The van der Waals surface area contributed by atoms with E-state index in [0.717, 1.165) is 76.8 Å². The molecule has 3 aliphatic heterocycles. The van der Waals surface area contributed by atoms with Crippen LogP contribution in [0.2, 0.25) is 0 Å². The van der Waals surface area contributed by atoms with E-state index < -0.39 is 0 Å². The maximum absolute atomic E-state index is 12.7. The first kappa shape index (κ1) is 27.3. The lowest BCUT2D eigenvalue weighted by Gasteiger charge is -2.51. The molecule has 0 radical (unpaired) electrons. The molecule has 1 aromatic carbocycles. The van der Waals surface area contributed by atoms with Crippen LogP contribution < -0.4 is 9.80 Å². The molecule has 1 atom stereocenters. The number of nitriles is 1. The largest absolute Gasteiger partial charge is 0.389 e. The second kappa shape index (κ2) is 10.3. The minimum atomic E-state index is -0.374. The van der Waals surface area contributed by atoms with Gasteiger partial charge < -0.3 is 19.8 Å². The molecule has 0 saturated carbocycles. The number of carbonyl (C=O) groups is 1. The van der Waals surface area contributed by atoms with Crippen molar-refractivity contribution in [2.45, 2.75) is 44.8 Å². The number of β-amino-alcohol motifs (C(OH)–C–C–N with tert-alkyl or cyclic N) is 1. The Morgan fingerprint density at radius 1 is 1.19 bits per heavy atom. The van der Waals surface area contributed by atoms with Gasteiger partial charge in [-0.2, -0.15) is 9.78 Å². The van der Waals surface area contributed by atoms with Crippen LogP contribution in [-0.2, 0) is 11.2 Å². The van der Waals surface area contributed by atoms with Gasteiger partial charge in [0.15, 0.2) is 10.9 Å². The Hall–Kier alpha value is -3.57. The molecular formula is C29H33N9O2S2. The normalized spacial score (nSPS) is 20.7. The van der Waals surface area contributed by atoms with Gasteiger partial charge in [-0.15, -0.1) is 5.10 Å². The third-order valence-electron chi connectivity index (χ3n) is 8.88. The van der Waals surface area contributed by atoms with Gasteiger partial charge in [0, 0.05) is 50.9 Å². The van der Waals surface area contributed by atoms with Crippen LogP contribution >= 0.6 is 22.7 Å². The predicted octanol–water partition coefficient (Wildman–Crippen LogP) is 3.28. The fourth-order valence-electron chi connectivity index (χ4n) is 6.23. The number of aliphatic hydroxyl groups excluding tert-OH is 1. The third kappa shape index (κ3) is 4.44. The molecule has 6 heterocycles. The van der Waals surface area contributed by atoms with Crippen molar-refractivity contribution in [1.29, 1.82) is 5.26 Å². The molecule has 1 unspecified atom stereocenters. The van der Waals surface area contributed by atoms with E-state index in [1.807, 2.05) is 47.7 Å². The summed E-state index contributed by atoms with van der Waals surface area (Å²) in [6.45, 7) is 8.09. The van der Waals surface area contributed by atoms with Gasteiger partial charge >= 0.3 is 0 Å². The molecule has 1 N–H and O–H groups in total. The van der Waals surface area contributed by atoms with Crippen molar-refractivity contribution in [2.75, 3.05) is 56.1 Å². The van der Waals surface area contributed by atoms with Gasteiger partial charge in [-0.05, 0) is 26.2 Å². The maximum Gasteiger partial charge on any atom is 0.236 e. The molecule has 218 valence electrons. The molecule has 1 spiro atoms. The van der Waals surface area contributed by atoms with E-state index in [1.54, 1.807) is 16.2 Å². The van der Waals surface area contributed by atoms with Gasteiger partial charge in [-0.3, -0.25) is 9.69 Å². The van der Waals surface area contributed by atoms with Crippen LogP contribution in [0.3, 0.4) is 0 Å². The van der Waals surface area contributed by atoms with E-state index in [-0.39, 0.29) is 17.6 Å². The summed E-state index contributed by atoms with van der Waals surface area (Å²) < 4.78 is 1.92. The molecular weight excluding hydrogens is 571 g/mol. The second-order valence-corrected chi connectivity index (χ2v) is 13.5. The Balaban J connectivity index is 1.13. The molecule has 0 aliphatic carbocycles. The Morgan fingerprint density at radius 2 is 1.95 bits per heavy atom. The number of nitrogens with zero attached hydrogens (tertiary/aromatic N) is 9. The highest BCUT2D eigenvalue weighted by molar-refractivity contribution is 7.20. The molecule has 13 heteroatoms. The number of amides is 1. The molecule has 7 rings (SSSR count). The SMILES string of the molecule is CCc1nc2sc(N3CCC4(CCN4CC(=O)N4CC(O)C4)C3)nn2c1N(C)c1nc(-c2ccc(C)cc2)c(C#N)s1. The monoisotopic (exact) mass is 603 g/mol. The van der Waals surface area contributed by atoms with Crippen molar-refractivity contribution in [1.82, 2.24) is 29.4 Å². The quantitative estimate of drug-likeness (QED) is 0.340. The topological polar surface area (TPSA) is 117 Å². The summed E-state index contributed by atoms with van der Waals surface area (Å²) in [6.07, 6.45) is 2.44. The van der Waals surface area contributed by atoms with Gasteiger partial charge in [-0.25, -0.2) is 9.97 Å². The molecule has 0 bridgehead atoms. The summed E-state index contributed by atoms with van der Waals surface area (Å²) in [5, 5.41) is 26.1. The zero-order chi connectivity index (χ0) is 29.2. The van der Waals surface area contributed by atoms with Crippen molar-refractivity contribution in [3.63, 3.8) is 0 Å². The van der Waals surface area contributed by atoms with E-state index in [0.29, 0.717) is 30.2 Å². The van der Waals surface area contributed by atoms with E-state index in [4.69, 9.17) is 15.1 Å². The molecule has 3 saturated heterocycles. The van der Waals surface area contributed by atoms with Crippen LogP contribution in [0.5, 0.6) is 0 Å². The number of imidazole rings is 1. The number of likely N-dealkylation sites (tertiary alicyclic amines) is 2. The van der Waals surface area contributed by atoms with Crippen molar-refractivity contribution >= 4 is 49.6 Å². The number of fused-ring (bicyclic) bond motifs is 1. The van der Waals surface area contributed by atoms with E-state index >= 15 is 0 Å². The first-order chi connectivity index (χ1) is 20.3. The summed E-state index contributed by atoms with van der Waals surface area (Å²) >= 11 is 2.96. The van der Waals surface area contributed by atoms with E-state index in [1.165, 1.54) is 11.3 Å². The van der Waals surface area contributed by atoms with Gasteiger partial charge in [0.2, 0.25) is 16.0 Å². The second-order valence-electron chi connectivity index (χ2n) is 11.5. The maximum atomic E-state index is 12.7. The zero-order valence-electron chi connectivity index (χ0n) is 23.9. The van der Waals surface area contributed by atoms with Gasteiger partial charge in [-0.1, -0.05) is 59.4 Å². The number of hydrogen-bond acceptors (Lipinski definition) is 11. The number of aryl methyl sites for hydroxylation is 2. The van der Waals surface area contributed by atoms with Crippen LogP contribution in [0.15, 0.2) is 24.3 Å². The van der Waals surface area contributed by atoms with Gasteiger partial charge in [0.25, 0.3) is 0 Å². The average molecular weight is 604 g/mol. The fourth-order valence-corrected chi connectivity index (χ4v) is 8.02. The van der Waals surface area contributed by atoms with Crippen molar-refractivity contribution in [3.05, 3.63) is 40.4 Å². The number of carbonyl (C=O) groups excluding carboxylic acids is 1. The summed E-state index contributed by atoms with van der Waals surface area (Å²) in [5.41, 5.74) is 3.72. The molecule has 3 aliphatic rings. The summed E-state index contributed by atoms with van der Waals surface area (Å²) in [7, 11) is 1.96. The van der Waals surface area contributed by atoms with Gasteiger partial charge in [0.1, 0.15) is 16.6 Å². The Labute approximate surface area is 252 Å². The van der Waals surface area contributed by atoms with Crippen molar-refractivity contribution in [2.24, 2.45) is 0 Å². The van der Waals surface area contributed by atoms with Crippen LogP contribution in [-0.4, -0.2) is 98.4 Å². The predicted molar refractivity (Wildman–Crippen MR) is 164 cm³/mol. The lowest BCUT2D eigenvalue weighted by molar-refractivity contribution is -0.146. The van der Waals surface area contributed by atoms with Crippen LogP contribution in [0.1, 0.15) is 35.9 Å². The molecule has 3 fully saturated rings. The highest BCUT2D eigenvalue weighted by Crippen LogP contribution is 2.43. The number of thiazole rings is 1.